The van der Waals surface area contributed by atoms with E-state index in [9.17, 15) is 9.59 Å². The molecule has 1 saturated heterocycles. The minimum Gasteiger partial charge on any atom is -0.447 e. The number of aromatic nitrogens is 2. The van der Waals surface area contributed by atoms with Crippen LogP contribution in [-0.2, 0) is 20.8 Å². The number of amides is 2. The van der Waals surface area contributed by atoms with Gasteiger partial charge in [0.05, 0.1) is 23.5 Å². The molecule has 0 aliphatic carbocycles. The van der Waals surface area contributed by atoms with Gasteiger partial charge in [-0.1, -0.05) is 30.3 Å². The molecule has 0 bridgehead atoms. The van der Waals surface area contributed by atoms with Gasteiger partial charge < -0.3 is 14.8 Å². The second-order valence-electron chi connectivity index (χ2n) is 7.39. The number of cyclic esters (lactones) is 1. The molecule has 1 unspecified atom stereocenters. The van der Waals surface area contributed by atoms with Crippen molar-refractivity contribution in [3.63, 3.8) is 0 Å². The highest BCUT2D eigenvalue weighted by Crippen LogP contribution is 2.27. The number of ether oxygens (including phenoxy) is 2. The Morgan fingerprint density at radius 3 is 2.82 bits per heavy atom. The summed E-state index contributed by atoms with van der Waals surface area (Å²) in [6.45, 7) is 4.85. The maximum atomic E-state index is 12.4. The molecule has 0 radical (unpaired) electrons. The maximum absolute atomic E-state index is 12.4. The molecular weight excluding hydrogens is 360 g/mol. The quantitative estimate of drug-likeness (QED) is 0.754. The molecule has 2 aromatic rings. The van der Waals surface area contributed by atoms with Crippen LogP contribution in [0.25, 0.3) is 0 Å². The van der Waals surface area contributed by atoms with Crippen molar-refractivity contribution in [2.24, 2.45) is 0 Å². The zero-order valence-corrected chi connectivity index (χ0v) is 16.4. The van der Waals surface area contributed by atoms with E-state index in [1.807, 2.05) is 44.2 Å². The number of benzene rings is 1. The fourth-order valence-electron chi connectivity index (χ4n) is 2.97. The van der Waals surface area contributed by atoms with Crippen molar-refractivity contribution in [1.82, 2.24) is 14.7 Å². The minimum absolute atomic E-state index is 0.0831. The Balaban J connectivity index is 1.57. The van der Waals surface area contributed by atoms with E-state index in [-0.39, 0.29) is 30.7 Å². The first-order valence-corrected chi connectivity index (χ1v) is 9.24. The lowest BCUT2D eigenvalue weighted by Crippen LogP contribution is -2.35. The lowest BCUT2D eigenvalue weighted by molar-refractivity contribution is -0.117. The first-order chi connectivity index (χ1) is 13.4. The Hall–Kier alpha value is -2.87. The Morgan fingerprint density at radius 1 is 1.36 bits per heavy atom. The number of rotatable bonds is 8. The largest absolute Gasteiger partial charge is 0.447 e. The number of carbonyl (C=O) groups excluding carboxylic acids is 2. The molecule has 1 atom stereocenters. The summed E-state index contributed by atoms with van der Waals surface area (Å²) in [5.41, 5.74) is 1.29. The van der Waals surface area contributed by atoms with E-state index in [2.05, 4.69) is 10.4 Å². The van der Waals surface area contributed by atoms with Gasteiger partial charge >= 0.3 is 6.09 Å². The van der Waals surface area contributed by atoms with E-state index in [1.165, 1.54) is 4.90 Å². The van der Waals surface area contributed by atoms with Crippen LogP contribution in [-0.4, -0.2) is 52.5 Å². The van der Waals surface area contributed by atoms with Gasteiger partial charge in [-0.25, -0.2) is 4.79 Å². The van der Waals surface area contributed by atoms with Gasteiger partial charge in [0.15, 0.2) is 0 Å². The van der Waals surface area contributed by atoms with Crippen LogP contribution in [0.3, 0.4) is 0 Å². The predicted molar refractivity (Wildman–Crippen MR) is 104 cm³/mol. The summed E-state index contributed by atoms with van der Waals surface area (Å²) in [5, 5.41) is 7.05. The summed E-state index contributed by atoms with van der Waals surface area (Å²) in [6, 6.07) is 9.28. The second kappa shape index (κ2) is 8.43. The van der Waals surface area contributed by atoms with Crippen molar-refractivity contribution < 1.29 is 19.1 Å². The van der Waals surface area contributed by atoms with Crippen LogP contribution < -0.4 is 5.32 Å². The summed E-state index contributed by atoms with van der Waals surface area (Å²) in [5.74, 6) is -0.295. The molecule has 2 heterocycles. The van der Waals surface area contributed by atoms with Crippen molar-refractivity contribution in [3.05, 3.63) is 48.3 Å². The topological polar surface area (TPSA) is 85.7 Å². The Morgan fingerprint density at radius 2 is 2.11 bits per heavy atom. The molecule has 1 aromatic carbocycles. The third kappa shape index (κ3) is 4.89. The number of nitrogens with zero attached hydrogens (tertiary/aromatic N) is 3. The average molecular weight is 386 g/mol. The second-order valence-corrected chi connectivity index (χ2v) is 7.39. The molecule has 8 nitrogen and oxygen atoms in total. The van der Waals surface area contributed by atoms with Crippen molar-refractivity contribution in [3.8, 4) is 0 Å². The molecule has 0 spiro atoms. The molecule has 1 aromatic heterocycles. The number of hydrogen-bond donors (Lipinski definition) is 1. The van der Waals surface area contributed by atoms with Crippen LogP contribution in [0.4, 0.5) is 10.5 Å². The summed E-state index contributed by atoms with van der Waals surface area (Å²) in [7, 11) is 1.68. The number of hydrogen-bond acceptors (Lipinski definition) is 5. The molecule has 28 heavy (non-hydrogen) atoms. The van der Waals surface area contributed by atoms with Gasteiger partial charge in [-0.3, -0.25) is 14.4 Å². The molecule has 1 aliphatic heterocycles. The molecule has 150 valence electrons. The van der Waals surface area contributed by atoms with E-state index in [4.69, 9.17) is 9.47 Å². The Bertz CT molecular complexity index is 819. The van der Waals surface area contributed by atoms with Crippen LogP contribution in [0.15, 0.2) is 42.7 Å². The van der Waals surface area contributed by atoms with E-state index >= 15 is 0 Å². The maximum Gasteiger partial charge on any atom is 0.410 e. The lowest BCUT2D eigenvalue weighted by Gasteiger charge is -2.22. The number of carbonyl (C=O) groups is 2. The monoisotopic (exact) mass is 386 g/mol. The molecule has 1 N–H and O–H groups in total. The summed E-state index contributed by atoms with van der Waals surface area (Å²) in [4.78, 5) is 25.9. The fraction of sp³-hybridized carbons (Fsp3) is 0.450. The highest BCUT2D eigenvalue weighted by atomic mass is 16.6. The van der Waals surface area contributed by atoms with Crippen LogP contribution in [0.1, 0.15) is 31.9 Å². The van der Waals surface area contributed by atoms with Gasteiger partial charge in [-0.15, -0.1) is 0 Å². The van der Waals surface area contributed by atoms with Crippen LogP contribution in [0.5, 0.6) is 0 Å². The van der Waals surface area contributed by atoms with Gasteiger partial charge in [0.25, 0.3) is 0 Å². The highest BCUT2D eigenvalue weighted by Gasteiger charge is 2.35. The molecule has 1 fully saturated rings. The first kappa shape index (κ1) is 19.9. The number of nitrogens with one attached hydrogen (secondary N) is 1. The smallest absolute Gasteiger partial charge is 0.410 e. The zero-order chi connectivity index (χ0) is 20.1. The first-order valence-electron chi connectivity index (χ1n) is 9.24. The van der Waals surface area contributed by atoms with Crippen molar-refractivity contribution in [1.29, 1.82) is 0 Å². The van der Waals surface area contributed by atoms with E-state index in [0.29, 0.717) is 12.2 Å². The standard InChI is InChI=1S/C20H26N4O4/c1-20(2,27-3)9-10-23-12-16(11-21-23)22-18(25)13-24-17(14-28-19(24)26)15-7-5-4-6-8-15/h4-8,11-12,17H,9-10,13-14H2,1-3H3,(H,22,25). The van der Waals surface area contributed by atoms with Gasteiger partial charge in [-0.05, 0) is 25.8 Å². The normalized spacial score (nSPS) is 16.9. The Kier molecular flexibility index (Phi) is 5.99. The lowest BCUT2D eigenvalue weighted by atomic mass is 10.1. The Labute approximate surface area is 164 Å². The average Bonchev–Trinajstić information content (AvgIpc) is 3.28. The van der Waals surface area contributed by atoms with Crippen molar-refractivity contribution in [2.75, 3.05) is 25.6 Å². The third-order valence-corrected chi connectivity index (χ3v) is 4.89. The molecule has 1 aliphatic rings. The van der Waals surface area contributed by atoms with E-state index in [1.54, 1.807) is 24.2 Å². The third-order valence-electron chi connectivity index (χ3n) is 4.89. The summed E-state index contributed by atoms with van der Waals surface area (Å²) in [6.07, 6.45) is 3.66. The van der Waals surface area contributed by atoms with Crippen molar-refractivity contribution >= 4 is 17.7 Å². The number of anilines is 1. The van der Waals surface area contributed by atoms with Crippen LogP contribution >= 0.6 is 0 Å². The predicted octanol–water partition coefficient (Wildman–Crippen LogP) is 2.83. The molecule has 3 rings (SSSR count). The fourth-order valence-corrected chi connectivity index (χ4v) is 2.97. The minimum atomic E-state index is -0.485. The van der Waals surface area contributed by atoms with Gasteiger partial charge in [0.2, 0.25) is 5.91 Å². The SMILES string of the molecule is COC(C)(C)CCn1cc(NC(=O)CN2C(=O)OCC2c2ccccc2)cn1. The molecule has 2 amide bonds. The van der Waals surface area contributed by atoms with Gasteiger partial charge in [-0.2, -0.15) is 5.10 Å². The van der Waals surface area contributed by atoms with Crippen LogP contribution in [0, 0.1) is 0 Å². The van der Waals surface area contributed by atoms with Crippen LogP contribution in [0.2, 0.25) is 0 Å². The summed E-state index contributed by atoms with van der Waals surface area (Å²) >= 11 is 0. The summed E-state index contributed by atoms with van der Waals surface area (Å²) < 4.78 is 12.3. The molecular formula is C20H26N4O4. The number of aryl methyl sites for hydroxylation is 1. The highest BCUT2D eigenvalue weighted by molar-refractivity contribution is 5.94. The molecule has 8 heteroatoms. The van der Waals surface area contributed by atoms with E-state index < -0.39 is 6.09 Å². The molecule has 0 saturated carbocycles. The zero-order valence-electron chi connectivity index (χ0n) is 16.4. The van der Waals surface area contributed by atoms with E-state index in [0.717, 1.165) is 12.0 Å². The number of methoxy groups -OCH3 is 1. The van der Waals surface area contributed by atoms with Crippen molar-refractivity contribution in [2.45, 2.75) is 38.5 Å². The van der Waals surface area contributed by atoms with Gasteiger partial charge in [0, 0.05) is 19.9 Å². The van der Waals surface area contributed by atoms with Gasteiger partial charge in [0.1, 0.15) is 13.2 Å².